The molecular weight excluding hydrogens is 175 g/mol. The van der Waals surface area contributed by atoms with Gasteiger partial charge in [-0.25, -0.2) is 4.39 Å². The number of nitrogens with two attached hydrogens (primary N) is 1. The van der Waals surface area contributed by atoms with Gasteiger partial charge >= 0.3 is 0 Å². The van der Waals surface area contributed by atoms with Crippen molar-refractivity contribution in [2.75, 3.05) is 11.1 Å². The number of phenols is 1. The number of halogens is 1. The smallest absolute Gasteiger partial charge is 0.221 e. The molecule has 0 saturated carbocycles. The number of nitrogen functional groups attached to an aromatic ring is 1. The summed E-state index contributed by atoms with van der Waals surface area (Å²) in [6.45, 7) is 1.21. The van der Waals surface area contributed by atoms with E-state index in [1.807, 2.05) is 0 Å². The zero-order valence-corrected chi connectivity index (χ0v) is 6.97. The summed E-state index contributed by atoms with van der Waals surface area (Å²) in [6.07, 6.45) is 0. The van der Waals surface area contributed by atoms with E-state index in [1.165, 1.54) is 13.0 Å². The molecule has 0 saturated heterocycles. The molecule has 1 amide bonds. The summed E-state index contributed by atoms with van der Waals surface area (Å²) < 4.78 is 13.0. The number of aromatic hydroxyl groups is 1. The van der Waals surface area contributed by atoms with Crippen molar-refractivity contribution in [1.82, 2.24) is 0 Å². The van der Waals surface area contributed by atoms with E-state index in [0.29, 0.717) is 0 Å². The lowest BCUT2D eigenvalue weighted by molar-refractivity contribution is -0.114. The zero-order chi connectivity index (χ0) is 10.0. The monoisotopic (exact) mass is 184 g/mol. The highest BCUT2D eigenvalue weighted by molar-refractivity contribution is 5.91. The molecule has 0 aliphatic carbocycles. The SMILES string of the molecule is CC(=O)Nc1c(F)ccc(N)c1O. The molecule has 13 heavy (non-hydrogen) atoms. The van der Waals surface area contributed by atoms with Gasteiger partial charge in [-0.1, -0.05) is 0 Å². The number of carbonyl (C=O) groups is 1. The van der Waals surface area contributed by atoms with Crippen molar-refractivity contribution in [1.29, 1.82) is 0 Å². The van der Waals surface area contributed by atoms with Gasteiger partial charge < -0.3 is 16.2 Å². The Balaban J connectivity index is 3.17. The fraction of sp³-hybridized carbons (Fsp3) is 0.125. The minimum atomic E-state index is -0.720. The molecule has 1 rings (SSSR count). The second-order valence-electron chi connectivity index (χ2n) is 2.54. The molecule has 0 atom stereocenters. The third-order valence-electron chi connectivity index (χ3n) is 1.46. The van der Waals surface area contributed by atoms with E-state index in [4.69, 9.17) is 5.73 Å². The highest BCUT2D eigenvalue weighted by Crippen LogP contribution is 2.31. The van der Waals surface area contributed by atoms with Gasteiger partial charge in [0, 0.05) is 6.92 Å². The average Bonchev–Trinajstić information content (AvgIpc) is 2.05. The first kappa shape index (κ1) is 9.31. The number of benzene rings is 1. The summed E-state index contributed by atoms with van der Waals surface area (Å²) in [6, 6.07) is 2.29. The van der Waals surface area contributed by atoms with Crippen molar-refractivity contribution in [3.05, 3.63) is 17.9 Å². The molecule has 0 radical (unpaired) electrons. The number of phenolic OH excluding ortho intramolecular Hbond substituents is 1. The lowest BCUT2D eigenvalue weighted by atomic mass is 10.2. The summed E-state index contributed by atoms with van der Waals surface area (Å²) in [5.41, 5.74) is 5.03. The number of hydrogen-bond donors (Lipinski definition) is 3. The molecular formula is C8H9FN2O2. The fourth-order valence-electron chi connectivity index (χ4n) is 0.878. The van der Waals surface area contributed by atoms with Gasteiger partial charge in [0.15, 0.2) is 11.6 Å². The fourth-order valence-corrected chi connectivity index (χ4v) is 0.878. The molecule has 0 aromatic heterocycles. The maximum atomic E-state index is 13.0. The summed E-state index contributed by atoms with van der Waals surface area (Å²) in [4.78, 5) is 10.6. The molecule has 5 heteroatoms. The Kier molecular flexibility index (Phi) is 2.36. The Morgan fingerprint density at radius 2 is 2.23 bits per heavy atom. The van der Waals surface area contributed by atoms with Crippen molar-refractivity contribution in [3.63, 3.8) is 0 Å². The van der Waals surface area contributed by atoms with Crippen LogP contribution < -0.4 is 11.1 Å². The Morgan fingerprint density at radius 3 is 2.77 bits per heavy atom. The number of nitrogens with one attached hydrogen (secondary N) is 1. The van der Waals surface area contributed by atoms with Crippen LogP contribution in [0.1, 0.15) is 6.92 Å². The minimum absolute atomic E-state index is 0.0187. The third-order valence-corrected chi connectivity index (χ3v) is 1.46. The molecule has 4 nitrogen and oxygen atoms in total. The summed E-state index contributed by atoms with van der Waals surface area (Å²) in [5.74, 6) is -1.64. The van der Waals surface area contributed by atoms with Crippen LogP contribution in [-0.4, -0.2) is 11.0 Å². The summed E-state index contributed by atoms with van der Waals surface area (Å²) >= 11 is 0. The van der Waals surface area contributed by atoms with Gasteiger partial charge in [0.2, 0.25) is 5.91 Å². The van der Waals surface area contributed by atoms with E-state index >= 15 is 0 Å². The molecule has 70 valence electrons. The van der Waals surface area contributed by atoms with Crippen LogP contribution in [-0.2, 0) is 4.79 Å². The molecule has 1 aromatic rings. The topological polar surface area (TPSA) is 75.4 Å². The van der Waals surface area contributed by atoms with E-state index in [9.17, 15) is 14.3 Å². The van der Waals surface area contributed by atoms with Crippen molar-refractivity contribution >= 4 is 17.3 Å². The second kappa shape index (κ2) is 3.30. The zero-order valence-electron chi connectivity index (χ0n) is 6.97. The minimum Gasteiger partial charge on any atom is -0.504 e. The van der Waals surface area contributed by atoms with Crippen molar-refractivity contribution in [2.24, 2.45) is 0 Å². The standard InChI is InChI=1S/C8H9FN2O2/c1-4(12)11-7-5(9)2-3-6(10)8(7)13/h2-3,13H,10H2,1H3,(H,11,12). The first-order chi connectivity index (χ1) is 6.02. The van der Waals surface area contributed by atoms with Crippen LogP contribution in [0.25, 0.3) is 0 Å². The summed E-state index contributed by atoms with van der Waals surface area (Å²) in [7, 11) is 0. The summed E-state index contributed by atoms with van der Waals surface area (Å²) in [5, 5.41) is 11.4. The normalized spacial score (nSPS) is 9.69. The second-order valence-corrected chi connectivity index (χ2v) is 2.54. The van der Waals surface area contributed by atoms with Crippen molar-refractivity contribution in [2.45, 2.75) is 6.92 Å². The van der Waals surface area contributed by atoms with Gasteiger partial charge in [0.1, 0.15) is 5.69 Å². The molecule has 0 bridgehead atoms. The van der Waals surface area contributed by atoms with Crippen LogP contribution in [0, 0.1) is 5.82 Å². The Bertz CT molecular complexity index is 352. The lowest BCUT2D eigenvalue weighted by Gasteiger charge is -2.07. The largest absolute Gasteiger partial charge is 0.504 e. The molecule has 0 heterocycles. The van der Waals surface area contributed by atoms with Crippen molar-refractivity contribution < 1.29 is 14.3 Å². The number of carbonyl (C=O) groups excluding carboxylic acids is 1. The van der Waals surface area contributed by atoms with E-state index in [0.717, 1.165) is 6.07 Å². The Morgan fingerprint density at radius 1 is 1.62 bits per heavy atom. The van der Waals surface area contributed by atoms with Crippen molar-refractivity contribution in [3.8, 4) is 5.75 Å². The maximum Gasteiger partial charge on any atom is 0.221 e. The molecule has 0 unspecified atom stereocenters. The van der Waals surface area contributed by atoms with Gasteiger partial charge in [0.05, 0.1) is 5.69 Å². The lowest BCUT2D eigenvalue weighted by Crippen LogP contribution is -2.08. The number of hydrogen-bond acceptors (Lipinski definition) is 3. The van der Waals surface area contributed by atoms with Crippen LogP contribution in [0.15, 0.2) is 12.1 Å². The first-order valence-electron chi connectivity index (χ1n) is 3.57. The molecule has 1 aromatic carbocycles. The van der Waals surface area contributed by atoms with Gasteiger partial charge in [-0.2, -0.15) is 0 Å². The predicted octanol–water partition coefficient (Wildman–Crippen LogP) is 1.07. The van der Waals surface area contributed by atoms with E-state index < -0.39 is 17.5 Å². The highest BCUT2D eigenvalue weighted by atomic mass is 19.1. The molecule has 4 N–H and O–H groups in total. The van der Waals surface area contributed by atoms with E-state index in [1.54, 1.807) is 0 Å². The number of rotatable bonds is 1. The first-order valence-corrected chi connectivity index (χ1v) is 3.57. The molecule has 0 aliphatic rings. The average molecular weight is 184 g/mol. The van der Waals surface area contributed by atoms with Crippen LogP contribution in [0.2, 0.25) is 0 Å². The van der Waals surface area contributed by atoms with E-state index in [2.05, 4.69) is 5.32 Å². The van der Waals surface area contributed by atoms with Crippen LogP contribution in [0.5, 0.6) is 5.75 Å². The molecule has 0 spiro atoms. The molecule has 0 fully saturated rings. The van der Waals surface area contributed by atoms with Crippen LogP contribution in [0.3, 0.4) is 0 Å². The van der Waals surface area contributed by atoms with Gasteiger partial charge in [-0.3, -0.25) is 4.79 Å². The number of amides is 1. The number of anilines is 2. The molecule has 0 aliphatic heterocycles. The van der Waals surface area contributed by atoms with Crippen LogP contribution >= 0.6 is 0 Å². The van der Waals surface area contributed by atoms with Gasteiger partial charge in [0.25, 0.3) is 0 Å². The van der Waals surface area contributed by atoms with Gasteiger partial charge in [-0.05, 0) is 12.1 Å². The maximum absolute atomic E-state index is 13.0. The third kappa shape index (κ3) is 1.87. The van der Waals surface area contributed by atoms with E-state index in [-0.39, 0.29) is 11.4 Å². The quantitative estimate of drug-likeness (QED) is 0.451. The Labute approximate surface area is 74.2 Å². The predicted molar refractivity (Wildman–Crippen MR) is 46.8 cm³/mol. The highest BCUT2D eigenvalue weighted by Gasteiger charge is 2.11. The van der Waals surface area contributed by atoms with Gasteiger partial charge in [-0.15, -0.1) is 0 Å². The van der Waals surface area contributed by atoms with Crippen LogP contribution in [0.4, 0.5) is 15.8 Å². The Hall–Kier alpha value is -1.78.